The van der Waals surface area contributed by atoms with Gasteiger partial charge in [0.05, 0.1) is 7.05 Å². The van der Waals surface area contributed by atoms with E-state index in [1.54, 1.807) is 0 Å². The lowest BCUT2D eigenvalue weighted by Crippen LogP contribution is -2.33. The lowest BCUT2D eigenvalue weighted by Gasteiger charge is -2.05. The number of hydrogen-bond donors (Lipinski definition) is 1. The van der Waals surface area contributed by atoms with E-state index in [1.165, 1.54) is 0 Å². The second kappa shape index (κ2) is 1.45. The van der Waals surface area contributed by atoms with Gasteiger partial charge in [0.25, 0.3) is 0 Å². The van der Waals surface area contributed by atoms with Crippen LogP contribution in [-0.4, -0.2) is 24.2 Å². The van der Waals surface area contributed by atoms with E-state index in [0.717, 1.165) is 23.1 Å². The zero-order valence-corrected chi connectivity index (χ0v) is 5.89. The first kappa shape index (κ1) is 6.05. The lowest BCUT2D eigenvalue weighted by molar-refractivity contribution is -0.806. The standard InChI is InChI=1S/C6H15N2/c1-5(2)6-4-8(6,3)7/h5-6H,4,7H2,1-3H3/q+1. The van der Waals surface area contributed by atoms with Crippen LogP contribution in [0.3, 0.4) is 0 Å². The van der Waals surface area contributed by atoms with Crippen molar-refractivity contribution in [2.45, 2.75) is 19.9 Å². The summed E-state index contributed by atoms with van der Waals surface area (Å²) >= 11 is 0. The second-order valence-electron chi connectivity index (χ2n) is 3.34. The number of rotatable bonds is 1. The maximum absolute atomic E-state index is 5.75. The van der Waals surface area contributed by atoms with Gasteiger partial charge in [-0.3, -0.25) is 0 Å². The van der Waals surface area contributed by atoms with Gasteiger partial charge >= 0.3 is 0 Å². The molecule has 2 nitrogen and oxygen atoms in total. The van der Waals surface area contributed by atoms with Gasteiger partial charge in [-0.25, -0.2) is 4.59 Å². The summed E-state index contributed by atoms with van der Waals surface area (Å²) in [5.74, 6) is 6.50. The van der Waals surface area contributed by atoms with Crippen molar-refractivity contribution in [2.75, 3.05) is 13.6 Å². The third-order valence-corrected chi connectivity index (χ3v) is 1.97. The summed E-state index contributed by atoms with van der Waals surface area (Å²) in [5, 5.41) is 0. The molecule has 8 heavy (non-hydrogen) atoms. The summed E-state index contributed by atoms with van der Waals surface area (Å²) in [4.78, 5) is 0. The van der Waals surface area contributed by atoms with Crippen LogP contribution in [0.4, 0.5) is 0 Å². The Morgan fingerprint density at radius 2 is 2.00 bits per heavy atom. The molecule has 0 aromatic rings. The van der Waals surface area contributed by atoms with Crippen LogP contribution in [0.1, 0.15) is 13.8 Å². The predicted molar refractivity (Wildman–Crippen MR) is 33.9 cm³/mol. The Labute approximate surface area is 50.8 Å². The molecule has 1 rings (SSSR count). The minimum absolute atomic E-state index is 0.731. The fourth-order valence-corrected chi connectivity index (χ4v) is 1.25. The molecule has 1 aliphatic rings. The Morgan fingerprint density at radius 3 is 2.00 bits per heavy atom. The molecule has 2 N–H and O–H groups in total. The third kappa shape index (κ3) is 0.858. The van der Waals surface area contributed by atoms with Gasteiger partial charge in [0, 0.05) is 5.92 Å². The second-order valence-corrected chi connectivity index (χ2v) is 3.34. The van der Waals surface area contributed by atoms with Gasteiger partial charge in [0.1, 0.15) is 0 Å². The van der Waals surface area contributed by atoms with Crippen LogP contribution < -0.4 is 5.84 Å². The summed E-state index contributed by atoms with van der Waals surface area (Å²) in [6.07, 6.45) is 0. The van der Waals surface area contributed by atoms with Crippen LogP contribution in [0.2, 0.25) is 0 Å². The van der Waals surface area contributed by atoms with Crippen molar-refractivity contribution in [3.8, 4) is 0 Å². The molecule has 0 saturated carbocycles. The molecule has 0 radical (unpaired) electrons. The summed E-state index contributed by atoms with van der Waals surface area (Å²) in [6.45, 7) is 5.61. The number of nitrogens with two attached hydrogens (primary N) is 1. The molecule has 0 aromatic heterocycles. The van der Waals surface area contributed by atoms with Crippen LogP contribution in [0.25, 0.3) is 0 Å². The number of quaternary nitrogens is 1. The first-order chi connectivity index (χ1) is 3.54. The SMILES string of the molecule is CC(C)C1C[N+]1(C)N. The van der Waals surface area contributed by atoms with E-state index >= 15 is 0 Å². The number of nitrogens with zero attached hydrogens (tertiary/aromatic N) is 1. The molecule has 0 aromatic carbocycles. The zero-order valence-electron chi connectivity index (χ0n) is 5.89. The first-order valence-corrected chi connectivity index (χ1v) is 3.18. The molecule has 2 heteroatoms. The van der Waals surface area contributed by atoms with Crippen molar-refractivity contribution in [3.05, 3.63) is 0 Å². The van der Waals surface area contributed by atoms with E-state index in [0.29, 0.717) is 0 Å². The fourth-order valence-electron chi connectivity index (χ4n) is 1.25. The summed E-state index contributed by atoms with van der Waals surface area (Å²) < 4.78 is 0.748. The average molecular weight is 115 g/mol. The van der Waals surface area contributed by atoms with Crippen LogP contribution in [0, 0.1) is 5.92 Å². The highest BCUT2D eigenvalue weighted by Crippen LogP contribution is 2.27. The van der Waals surface area contributed by atoms with E-state index in [1.807, 2.05) is 0 Å². The molecular formula is C6H15N2+. The zero-order chi connectivity index (χ0) is 6.36. The van der Waals surface area contributed by atoms with Crippen molar-refractivity contribution >= 4 is 0 Å². The van der Waals surface area contributed by atoms with Gasteiger partial charge in [-0.2, -0.15) is 5.84 Å². The Bertz CT molecular complexity index is 96.7. The van der Waals surface area contributed by atoms with Crippen molar-refractivity contribution < 1.29 is 4.59 Å². The van der Waals surface area contributed by atoms with E-state index < -0.39 is 0 Å². The predicted octanol–water partition coefficient (Wildman–Crippen LogP) is 0.345. The molecule has 0 bridgehead atoms. The quantitative estimate of drug-likeness (QED) is 0.298. The lowest BCUT2D eigenvalue weighted by atomic mass is 10.1. The van der Waals surface area contributed by atoms with E-state index in [9.17, 15) is 0 Å². The molecule has 0 aliphatic carbocycles. The van der Waals surface area contributed by atoms with Crippen molar-refractivity contribution in [1.82, 2.24) is 0 Å². The molecule has 1 saturated heterocycles. The van der Waals surface area contributed by atoms with E-state index in [2.05, 4.69) is 20.9 Å². The van der Waals surface area contributed by atoms with Gasteiger partial charge < -0.3 is 0 Å². The van der Waals surface area contributed by atoms with Crippen molar-refractivity contribution in [1.29, 1.82) is 0 Å². The minimum Gasteiger partial charge on any atom is -0.238 e. The minimum atomic E-state index is 0.731. The average Bonchev–Trinajstić information content (AvgIpc) is 2.13. The number of likely N-dealkylation sites (N-methyl/N-ethyl adjacent to an activating group) is 1. The molecule has 1 aliphatic heterocycles. The molecule has 48 valence electrons. The van der Waals surface area contributed by atoms with Gasteiger partial charge in [0.2, 0.25) is 0 Å². The molecular weight excluding hydrogens is 100 g/mol. The normalized spacial score (nSPS) is 45.4. The monoisotopic (exact) mass is 115 g/mol. The highest BCUT2D eigenvalue weighted by Gasteiger charge is 2.50. The summed E-state index contributed by atoms with van der Waals surface area (Å²) in [6, 6.07) is 0.731. The van der Waals surface area contributed by atoms with E-state index in [-0.39, 0.29) is 0 Å². The van der Waals surface area contributed by atoms with E-state index in [4.69, 9.17) is 5.84 Å². The maximum atomic E-state index is 5.75. The van der Waals surface area contributed by atoms with Crippen molar-refractivity contribution in [3.63, 3.8) is 0 Å². The summed E-state index contributed by atoms with van der Waals surface area (Å²) in [5.41, 5.74) is 0. The Kier molecular flexibility index (Phi) is 1.10. The number of hydrogen-bond acceptors (Lipinski definition) is 1. The molecule has 2 atom stereocenters. The Hall–Kier alpha value is -0.0800. The van der Waals surface area contributed by atoms with Crippen LogP contribution >= 0.6 is 0 Å². The third-order valence-electron chi connectivity index (χ3n) is 1.97. The highest BCUT2D eigenvalue weighted by molar-refractivity contribution is 4.72. The molecule has 0 amide bonds. The van der Waals surface area contributed by atoms with Crippen LogP contribution in [0.5, 0.6) is 0 Å². The molecule has 2 unspecified atom stereocenters. The largest absolute Gasteiger partial charge is 0.238 e. The van der Waals surface area contributed by atoms with Crippen LogP contribution in [-0.2, 0) is 0 Å². The maximum Gasteiger partial charge on any atom is 0.160 e. The van der Waals surface area contributed by atoms with Gasteiger partial charge in [-0.1, -0.05) is 13.8 Å². The van der Waals surface area contributed by atoms with Crippen LogP contribution in [0.15, 0.2) is 0 Å². The Morgan fingerprint density at radius 1 is 1.62 bits per heavy atom. The molecule has 0 spiro atoms. The summed E-state index contributed by atoms with van der Waals surface area (Å²) in [7, 11) is 2.07. The highest BCUT2D eigenvalue weighted by atomic mass is 15.7. The topological polar surface area (TPSA) is 26.0 Å². The molecule has 1 fully saturated rings. The fraction of sp³-hybridized carbons (Fsp3) is 1.00. The van der Waals surface area contributed by atoms with Gasteiger partial charge in [-0.05, 0) is 0 Å². The smallest absolute Gasteiger partial charge is 0.160 e. The molecule has 1 heterocycles. The van der Waals surface area contributed by atoms with Crippen molar-refractivity contribution in [2.24, 2.45) is 11.8 Å². The Balaban J connectivity index is 2.37. The van der Waals surface area contributed by atoms with Gasteiger partial charge in [-0.15, -0.1) is 0 Å². The van der Waals surface area contributed by atoms with Gasteiger partial charge in [0.15, 0.2) is 12.6 Å². The first-order valence-electron chi connectivity index (χ1n) is 3.18.